The molecule has 20 heavy (non-hydrogen) atoms. The molecule has 0 amide bonds. The maximum Gasteiger partial charge on any atom is 0.235 e. The van der Waals surface area contributed by atoms with Gasteiger partial charge in [-0.3, -0.25) is 10.0 Å². The van der Waals surface area contributed by atoms with E-state index in [0.29, 0.717) is 17.0 Å². The maximum atomic E-state index is 11.8. The molecule has 4 heteroatoms. The standard InChI is InChI=1S/C16H13NO3/c1-11-15(12-7-3-2-4-8-12)17(19)16(20-11)13-9-5-6-10-14(13)18/h2-10,19H,1H3. The molecule has 1 N–H and O–H groups in total. The van der Waals surface area contributed by atoms with Gasteiger partial charge < -0.3 is 4.74 Å². The van der Waals surface area contributed by atoms with Gasteiger partial charge in [0.05, 0.1) is 5.57 Å². The number of hydrogen-bond acceptors (Lipinski definition) is 4. The van der Waals surface area contributed by atoms with Crippen LogP contribution in [0.5, 0.6) is 0 Å². The summed E-state index contributed by atoms with van der Waals surface area (Å²) in [7, 11) is 0. The van der Waals surface area contributed by atoms with Gasteiger partial charge in [-0.05, 0) is 19.1 Å². The van der Waals surface area contributed by atoms with Gasteiger partial charge in [-0.15, -0.1) is 0 Å². The number of hydrogen-bond donors (Lipinski definition) is 1. The van der Waals surface area contributed by atoms with E-state index in [1.165, 1.54) is 6.08 Å². The van der Waals surface area contributed by atoms with Crippen molar-refractivity contribution in [3.8, 4) is 0 Å². The van der Waals surface area contributed by atoms with E-state index in [1.54, 1.807) is 25.2 Å². The van der Waals surface area contributed by atoms with E-state index in [0.717, 1.165) is 10.6 Å². The summed E-state index contributed by atoms with van der Waals surface area (Å²) in [5.74, 6) is 0.507. The molecule has 0 bridgehead atoms. The molecule has 0 saturated carbocycles. The third-order valence-corrected chi connectivity index (χ3v) is 3.15. The van der Waals surface area contributed by atoms with Crippen molar-refractivity contribution in [2.45, 2.75) is 6.92 Å². The summed E-state index contributed by atoms with van der Waals surface area (Å²) in [6, 6.07) is 9.40. The molecular weight excluding hydrogens is 254 g/mol. The average Bonchev–Trinajstić information content (AvgIpc) is 2.75. The first-order valence-corrected chi connectivity index (χ1v) is 6.25. The van der Waals surface area contributed by atoms with Crippen molar-refractivity contribution in [1.29, 1.82) is 0 Å². The molecule has 100 valence electrons. The minimum Gasteiger partial charge on any atom is -0.440 e. The van der Waals surface area contributed by atoms with E-state index < -0.39 is 0 Å². The second-order valence-corrected chi connectivity index (χ2v) is 4.49. The molecule has 1 aliphatic heterocycles. The van der Waals surface area contributed by atoms with Crippen LogP contribution in [0.3, 0.4) is 0 Å². The summed E-state index contributed by atoms with van der Waals surface area (Å²) < 4.78 is 5.58. The molecule has 0 spiro atoms. The van der Waals surface area contributed by atoms with Gasteiger partial charge in [0.1, 0.15) is 11.5 Å². The summed E-state index contributed by atoms with van der Waals surface area (Å²) >= 11 is 0. The molecule has 2 aliphatic rings. The quantitative estimate of drug-likeness (QED) is 0.795. The van der Waals surface area contributed by atoms with Crippen LogP contribution in [0.1, 0.15) is 12.5 Å². The first kappa shape index (κ1) is 12.4. The average molecular weight is 267 g/mol. The minimum absolute atomic E-state index is 0.145. The fraction of sp³-hybridized carbons (Fsp3) is 0.0625. The first-order valence-electron chi connectivity index (χ1n) is 6.25. The van der Waals surface area contributed by atoms with Crippen molar-refractivity contribution in [3.05, 3.63) is 77.4 Å². The third kappa shape index (κ3) is 1.96. The van der Waals surface area contributed by atoms with Crippen molar-refractivity contribution >= 4 is 11.5 Å². The van der Waals surface area contributed by atoms with E-state index >= 15 is 0 Å². The number of allylic oxidation sites excluding steroid dienone is 6. The molecule has 0 aromatic heterocycles. The van der Waals surface area contributed by atoms with Crippen LogP contribution in [0.2, 0.25) is 0 Å². The normalized spacial score (nSPS) is 21.7. The summed E-state index contributed by atoms with van der Waals surface area (Å²) in [4.78, 5) is 11.8. The van der Waals surface area contributed by atoms with Gasteiger partial charge >= 0.3 is 0 Å². The minimum atomic E-state index is -0.191. The second kappa shape index (κ2) is 4.83. The predicted molar refractivity (Wildman–Crippen MR) is 74.1 cm³/mol. The largest absolute Gasteiger partial charge is 0.440 e. The number of ketones is 1. The fourth-order valence-corrected chi connectivity index (χ4v) is 2.22. The SMILES string of the molecule is CC1=C(c2ccccc2)N(O)C(=C2C=CC=CC2=O)O1. The lowest BCUT2D eigenvalue weighted by molar-refractivity contribution is -0.111. The molecule has 4 nitrogen and oxygen atoms in total. The number of carbonyl (C=O) groups excluding carboxylic acids is 1. The zero-order chi connectivity index (χ0) is 14.1. The lowest BCUT2D eigenvalue weighted by Crippen LogP contribution is -2.17. The number of rotatable bonds is 1. The summed E-state index contributed by atoms with van der Waals surface area (Å²) in [5.41, 5.74) is 1.70. The van der Waals surface area contributed by atoms with E-state index in [9.17, 15) is 10.0 Å². The molecule has 1 aromatic carbocycles. The van der Waals surface area contributed by atoms with Crippen LogP contribution in [0.15, 0.2) is 71.9 Å². The van der Waals surface area contributed by atoms with Crippen molar-refractivity contribution in [1.82, 2.24) is 5.06 Å². The molecule has 0 fully saturated rings. The Morgan fingerprint density at radius 3 is 2.50 bits per heavy atom. The number of hydroxylamine groups is 2. The topological polar surface area (TPSA) is 49.8 Å². The highest BCUT2D eigenvalue weighted by atomic mass is 16.6. The highest BCUT2D eigenvalue weighted by Crippen LogP contribution is 2.36. The Hall–Kier alpha value is -2.59. The molecule has 0 unspecified atom stereocenters. The van der Waals surface area contributed by atoms with Gasteiger partial charge in [-0.1, -0.05) is 42.5 Å². The van der Waals surface area contributed by atoms with Crippen LogP contribution in [0.25, 0.3) is 5.70 Å². The molecule has 0 radical (unpaired) electrons. The Balaban J connectivity index is 2.03. The van der Waals surface area contributed by atoms with Crippen LogP contribution >= 0.6 is 0 Å². The van der Waals surface area contributed by atoms with Crippen LogP contribution in [0, 0.1) is 0 Å². The Morgan fingerprint density at radius 2 is 1.80 bits per heavy atom. The molecular formula is C16H13NO3. The number of nitrogens with zero attached hydrogens (tertiary/aromatic N) is 1. The van der Waals surface area contributed by atoms with E-state index in [4.69, 9.17) is 4.74 Å². The predicted octanol–water partition coefficient (Wildman–Crippen LogP) is 3.00. The van der Waals surface area contributed by atoms with Gasteiger partial charge in [0.15, 0.2) is 5.78 Å². The van der Waals surface area contributed by atoms with Gasteiger partial charge in [0.25, 0.3) is 0 Å². The van der Waals surface area contributed by atoms with E-state index in [-0.39, 0.29) is 11.7 Å². The third-order valence-electron chi connectivity index (χ3n) is 3.15. The van der Waals surface area contributed by atoms with Crippen LogP contribution < -0.4 is 0 Å². The Morgan fingerprint density at radius 1 is 1.10 bits per heavy atom. The van der Waals surface area contributed by atoms with Crippen molar-refractivity contribution in [2.24, 2.45) is 0 Å². The Kier molecular flexibility index (Phi) is 3.00. The number of carbonyl (C=O) groups is 1. The van der Waals surface area contributed by atoms with Gasteiger partial charge in [-0.25, -0.2) is 0 Å². The number of ether oxygens (including phenoxy) is 1. The summed E-state index contributed by atoms with van der Waals surface area (Å²) in [6.45, 7) is 1.76. The molecule has 1 aliphatic carbocycles. The lowest BCUT2D eigenvalue weighted by atomic mass is 10.1. The monoisotopic (exact) mass is 267 g/mol. The fourth-order valence-electron chi connectivity index (χ4n) is 2.22. The molecule has 1 heterocycles. The zero-order valence-electron chi connectivity index (χ0n) is 10.9. The zero-order valence-corrected chi connectivity index (χ0v) is 10.9. The van der Waals surface area contributed by atoms with Gasteiger partial charge in [-0.2, -0.15) is 5.06 Å². The van der Waals surface area contributed by atoms with Gasteiger partial charge in [0, 0.05) is 5.56 Å². The Bertz CT molecular complexity index is 681. The molecule has 3 rings (SSSR count). The highest BCUT2D eigenvalue weighted by molar-refractivity contribution is 6.07. The van der Waals surface area contributed by atoms with Crippen molar-refractivity contribution in [3.63, 3.8) is 0 Å². The van der Waals surface area contributed by atoms with Gasteiger partial charge in [0.2, 0.25) is 5.88 Å². The van der Waals surface area contributed by atoms with E-state index in [2.05, 4.69) is 0 Å². The van der Waals surface area contributed by atoms with Crippen LogP contribution in [-0.4, -0.2) is 16.1 Å². The number of benzene rings is 1. The molecule has 0 saturated heterocycles. The van der Waals surface area contributed by atoms with E-state index in [1.807, 2.05) is 30.3 Å². The van der Waals surface area contributed by atoms with Crippen LogP contribution in [0.4, 0.5) is 0 Å². The summed E-state index contributed by atoms with van der Waals surface area (Å²) in [6.07, 6.45) is 6.45. The highest BCUT2D eigenvalue weighted by Gasteiger charge is 2.31. The lowest BCUT2D eigenvalue weighted by Gasteiger charge is -2.15. The first-order chi connectivity index (χ1) is 9.68. The maximum absolute atomic E-state index is 11.8. The van der Waals surface area contributed by atoms with Crippen molar-refractivity contribution < 1.29 is 14.7 Å². The van der Waals surface area contributed by atoms with Crippen molar-refractivity contribution in [2.75, 3.05) is 0 Å². The Labute approximate surface area is 116 Å². The summed E-state index contributed by atoms with van der Waals surface area (Å²) in [5, 5.41) is 11.3. The molecule has 1 aromatic rings. The smallest absolute Gasteiger partial charge is 0.235 e. The second-order valence-electron chi connectivity index (χ2n) is 4.49. The molecule has 0 atom stereocenters. The van der Waals surface area contributed by atoms with Crippen LogP contribution in [-0.2, 0) is 9.53 Å².